The van der Waals surface area contributed by atoms with Crippen LogP contribution in [-0.4, -0.2) is 43.0 Å². The largest absolute Gasteiger partial charge is 0.497 e. The summed E-state index contributed by atoms with van der Waals surface area (Å²) in [6.45, 7) is 2.73. The maximum atomic E-state index is 12.4. The topological polar surface area (TPSA) is 84.7 Å². The van der Waals surface area contributed by atoms with Crippen molar-refractivity contribution in [1.29, 1.82) is 0 Å². The number of hydrogen-bond donors (Lipinski definition) is 2. The molecule has 3 N–H and O–H groups in total. The lowest BCUT2D eigenvalue weighted by Gasteiger charge is -2.22. The van der Waals surface area contributed by atoms with Crippen molar-refractivity contribution in [2.45, 2.75) is 31.8 Å². The highest BCUT2D eigenvalue weighted by atomic mass is 16.5. The van der Waals surface area contributed by atoms with E-state index in [4.69, 9.17) is 10.5 Å². The minimum Gasteiger partial charge on any atom is -0.497 e. The van der Waals surface area contributed by atoms with Gasteiger partial charge in [-0.1, -0.05) is 12.1 Å². The van der Waals surface area contributed by atoms with Gasteiger partial charge in [0.2, 0.25) is 11.8 Å². The van der Waals surface area contributed by atoms with Crippen LogP contribution in [0.2, 0.25) is 0 Å². The number of amides is 2. The highest BCUT2D eigenvalue weighted by Gasteiger charge is 2.26. The SMILES string of the molecule is COc1ccc([C@@H](CC(=O)N2CC[C@H](N)C2)NC(C)=O)cc1. The Morgan fingerprint density at radius 3 is 2.59 bits per heavy atom. The standard InChI is InChI=1S/C16H23N3O3/c1-11(20)18-15(12-3-5-14(22-2)6-4-12)9-16(21)19-8-7-13(17)10-19/h3-6,13,15H,7-10,17H2,1-2H3,(H,18,20)/t13-,15+/m0/s1. The summed E-state index contributed by atoms with van der Waals surface area (Å²) in [7, 11) is 1.60. The summed E-state index contributed by atoms with van der Waals surface area (Å²) >= 11 is 0. The van der Waals surface area contributed by atoms with Crippen LogP contribution in [0.5, 0.6) is 5.75 Å². The molecule has 1 heterocycles. The van der Waals surface area contributed by atoms with Crippen molar-refractivity contribution in [3.8, 4) is 5.75 Å². The van der Waals surface area contributed by atoms with Crippen LogP contribution in [0.1, 0.15) is 31.4 Å². The zero-order chi connectivity index (χ0) is 16.1. The van der Waals surface area contributed by atoms with Crippen molar-refractivity contribution in [2.75, 3.05) is 20.2 Å². The van der Waals surface area contributed by atoms with E-state index in [1.165, 1.54) is 6.92 Å². The molecule has 22 heavy (non-hydrogen) atoms. The quantitative estimate of drug-likeness (QED) is 0.843. The molecule has 1 aliphatic rings. The van der Waals surface area contributed by atoms with E-state index in [0.717, 1.165) is 17.7 Å². The Kier molecular flexibility index (Phi) is 5.38. The number of nitrogens with zero attached hydrogens (tertiary/aromatic N) is 1. The summed E-state index contributed by atoms with van der Waals surface area (Å²) in [5.74, 6) is 0.594. The summed E-state index contributed by atoms with van der Waals surface area (Å²) in [6, 6.07) is 7.09. The Morgan fingerprint density at radius 1 is 1.41 bits per heavy atom. The summed E-state index contributed by atoms with van der Waals surface area (Å²) in [5, 5.41) is 2.84. The number of carbonyl (C=O) groups is 2. The van der Waals surface area contributed by atoms with E-state index in [2.05, 4.69) is 5.32 Å². The highest BCUT2D eigenvalue weighted by molar-refractivity contribution is 5.79. The van der Waals surface area contributed by atoms with Gasteiger partial charge in [0, 0.05) is 26.1 Å². The molecule has 0 saturated carbocycles. The van der Waals surface area contributed by atoms with Crippen LogP contribution in [0.4, 0.5) is 0 Å². The van der Waals surface area contributed by atoms with Crippen molar-refractivity contribution in [1.82, 2.24) is 10.2 Å². The van der Waals surface area contributed by atoms with Crippen LogP contribution in [-0.2, 0) is 9.59 Å². The zero-order valence-electron chi connectivity index (χ0n) is 13.0. The van der Waals surface area contributed by atoms with Gasteiger partial charge < -0.3 is 20.7 Å². The van der Waals surface area contributed by atoms with Gasteiger partial charge in [-0.15, -0.1) is 0 Å². The second kappa shape index (κ2) is 7.26. The number of rotatable bonds is 5. The van der Waals surface area contributed by atoms with Crippen LogP contribution in [0, 0.1) is 0 Å². The number of likely N-dealkylation sites (tertiary alicyclic amines) is 1. The number of benzene rings is 1. The lowest BCUT2D eigenvalue weighted by atomic mass is 10.0. The number of ether oxygens (including phenoxy) is 1. The first-order valence-corrected chi connectivity index (χ1v) is 7.44. The fourth-order valence-corrected chi connectivity index (χ4v) is 2.65. The van der Waals surface area contributed by atoms with Crippen LogP contribution in [0.15, 0.2) is 24.3 Å². The second-order valence-corrected chi connectivity index (χ2v) is 5.62. The third-order valence-corrected chi connectivity index (χ3v) is 3.85. The molecule has 2 amide bonds. The van der Waals surface area contributed by atoms with Crippen molar-refractivity contribution in [3.05, 3.63) is 29.8 Å². The van der Waals surface area contributed by atoms with Crippen molar-refractivity contribution in [2.24, 2.45) is 5.73 Å². The minimum absolute atomic E-state index is 0.0162. The maximum absolute atomic E-state index is 12.4. The van der Waals surface area contributed by atoms with Gasteiger partial charge in [-0.25, -0.2) is 0 Å². The molecule has 0 aliphatic carbocycles. The van der Waals surface area contributed by atoms with Gasteiger partial charge in [0.25, 0.3) is 0 Å². The van der Waals surface area contributed by atoms with E-state index in [1.54, 1.807) is 12.0 Å². The van der Waals surface area contributed by atoms with E-state index < -0.39 is 0 Å². The van der Waals surface area contributed by atoms with Gasteiger partial charge in [-0.05, 0) is 24.1 Å². The van der Waals surface area contributed by atoms with Gasteiger partial charge in [-0.3, -0.25) is 9.59 Å². The smallest absolute Gasteiger partial charge is 0.225 e. The molecule has 2 atom stereocenters. The number of nitrogens with two attached hydrogens (primary N) is 1. The van der Waals surface area contributed by atoms with Gasteiger partial charge in [0.1, 0.15) is 5.75 Å². The summed E-state index contributed by atoms with van der Waals surface area (Å²) < 4.78 is 5.13. The van der Waals surface area contributed by atoms with Gasteiger partial charge >= 0.3 is 0 Å². The summed E-state index contributed by atoms with van der Waals surface area (Å²) in [5.41, 5.74) is 6.72. The van der Waals surface area contributed by atoms with Gasteiger partial charge in [0.15, 0.2) is 0 Å². The Bertz CT molecular complexity index is 530. The van der Waals surface area contributed by atoms with Crippen molar-refractivity contribution >= 4 is 11.8 Å². The number of hydrogen-bond acceptors (Lipinski definition) is 4. The summed E-state index contributed by atoms with van der Waals surface area (Å²) in [4.78, 5) is 25.6. The van der Waals surface area contributed by atoms with Gasteiger partial charge in [-0.2, -0.15) is 0 Å². The molecule has 1 fully saturated rings. The third-order valence-electron chi connectivity index (χ3n) is 3.85. The third kappa shape index (κ3) is 4.21. The molecule has 0 bridgehead atoms. The van der Waals surface area contributed by atoms with Gasteiger partial charge in [0.05, 0.1) is 19.6 Å². The number of nitrogens with one attached hydrogen (secondary N) is 1. The molecule has 1 aromatic rings. The van der Waals surface area contributed by atoms with E-state index in [9.17, 15) is 9.59 Å². The molecule has 1 saturated heterocycles. The van der Waals surface area contributed by atoms with Crippen LogP contribution < -0.4 is 15.8 Å². The molecule has 6 heteroatoms. The van der Waals surface area contributed by atoms with E-state index in [1.807, 2.05) is 24.3 Å². The average Bonchev–Trinajstić information content (AvgIpc) is 2.93. The second-order valence-electron chi connectivity index (χ2n) is 5.62. The van der Waals surface area contributed by atoms with E-state index in [-0.39, 0.29) is 30.3 Å². The van der Waals surface area contributed by atoms with Crippen LogP contribution in [0.25, 0.3) is 0 Å². The molecule has 2 rings (SSSR count). The molecule has 0 aromatic heterocycles. The van der Waals surface area contributed by atoms with Crippen LogP contribution in [0.3, 0.4) is 0 Å². The number of carbonyl (C=O) groups excluding carboxylic acids is 2. The molecule has 1 aliphatic heterocycles. The lowest BCUT2D eigenvalue weighted by Crippen LogP contribution is -2.36. The first-order valence-electron chi connectivity index (χ1n) is 7.44. The molecule has 6 nitrogen and oxygen atoms in total. The Balaban J connectivity index is 2.08. The molecular weight excluding hydrogens is 282 g/mol. The first-order chi connectivity index (χ1) is 10.5. The summed E-state index contributed by atoms with van der Waals surface area (Å²) in [6.07, 6.45) is 1.07. The Labute approximate surface area is 130 Å². The molecular formula is C16H23N3O3. The fraction of sp³-hybridized carbons (Fsp3) is 0.500. The molecule has 1 aromatic carbocycles. The number of methoxy groups -OCH3 is 1. The average molecular weight is 305 g/mol. The monoisotopic (exact) mass is 305 g/mol. The maximum Gasteiger partial charge on any atom is 0.225 e. The first kappa shape index (κ1) is 16.3. The van der Waals surface area contributed by atoms with Crippen molar-refractivity contribution in [3.63, 3.8) is 0 Å². The molecule has 0 unspecified atom stereocenters. The Hall–Kier alpha value is -2.08. The molecule has 0 radical (unpaired) electrons. The molecule has 120 valence electrons. The Morgan fingerprint density at radius 2 is 2.09 bits per heavy atom. The predicted octanol–water partition coefficient (Wildman–Crippen LogP) is 0.822. The molecule has 0 spiro atoms. The normalized spacial score (nSPS) is 18.9. The minimum atomic E-state index is -0.340. The van der Waals surface area contributed by atoms with E-state index >= 15 is 0 Å². The fourth-order valence-electron chi connectivity index (χ4n) is 2.65. The predicted molar refractivity (Wildman–Crippen MR) is 83.3 cm³/mol. The van der Waals surface area contributed by atoms with Crippen LogP contribution >= 0.6 is 0 Å². The highest BCUT2D eigenvalue weighted by Crippen LogP contribution is 2.22. The van der Waals surface area contributed by atoms with E-state index in [0.29, 0.717) is 13.1 Å². The van der Waals surface area contributed by atoms with Crippen molar-refractivity contribution < 1.29 is 14.3 Å². The lowest BCUT2D eigenvalue weighted by molar-refractivity contribution is -0.131. The zero-order valence-corrected chi connectivity index (χ0v) is 13.0.